The van der Waals surface area contributed by atoms with Gasteiger partial charge in [-0.1, -0.05) is 26.8 Å². The molecule has 0 saturated carbocycles. The van der Waals surface area contributed by atoms with Crippen LogP contribution in [0.15, 0.2) is 18.2 Å². The van der Waals surface area contributed by atoms with Crippen molar-refractivity contribution in [2.45, 2.75) is 39.3 Å². The molecule has 0 saturated heterocycles. The quantitative estimate of drug-likeness (QED) is 0.889. The third kappa shape index (κ3) is 2.38. The number of rotatable bonds is 4. The number of aryl methyl sites for hydroxylation is 1. The summed E-state index contributed by atoms with van der Waals surface area (Å²) in [5.74, 6) is 0.836. The first-order valence-electron chi connectivity index (χ1n) is 6.88. The molecular formula is C15H23NO2. The van der Waals surface area contributed by atoms with Gasteiger partial charge in [0.05, 0.1) is 6.04 Å². The summed E-state index contributed by atoms with van der Waals surface area (Å²) >= 11 is 0. The molecule has 0 fully saturated rings. The highest BCUT2D eigenvalue weighted by molar-refractivity contribution is 5.41. The molecule has 2 rings (SSSR count). The lowest BCUT2D eigenvalue weighted by Gasteiger charge is -2.37. The minimum Gasteiger partial charge on any atom is -0.491 e. The first-order chi connectivity index (χ1) is 8.71. The Kier molecular flexibility index (Phi) is 4.25. The maximum Gasteiger partial charge on any atom is 0.125 e. The van der Waals surface area contributed by atoms with Gasteiger partial charge < -0.3 is 9.84 Å². The predicted octanol–water partition coefficient (Wildman–Crippen LogP) is 2.39. The van der Waals surface area contributed by atoms with Gasteiger partial charge in [-0.3, -0.25) is 4.90 Å². The second kappa shape index (κ2) is 5.72. The van der Waals surface area contributed by atoms with E-state index < -0.39 is 6.10 Å². The summed E-state index contributed by atoms with van der Waals surface area (Å²) in [7, 11) is 0. The molecule has 3 nitrogen and oxygen atoms in total. The van der Waals surface area contributed by atoms with Crippen LogP contribution in [0.25, 0.3) is 0 Å². The molecule has 1 aliphatic heterocycles. The van der Waals surface area contributed by atoms with Crippen molar-refractivity contribution < 1.29 is 9.84 Å². The van der Waals surface area contributed by atoms with E-state index in [2.05, 4.69) is 37.8 Å². The molecule has 0 spiro atoms. The number of likely N-dealkylation sites (N-methyl/N-ethyl adjacent to an activating group) is 1. The average Bonchev–Trinajstić information content (AvgIpc) is 2.42. The molecule has 0 aromatic heterocycles. The monoisotopic (exact) mass is 249 g/mol. The number of fused-ring (bicyclic) bond motifs is 1. The van der Waals surface area contributed by atoms with Crippen LogP contribution in [0.1, 0.15) is 38.0 Å². The van der Waals surface area contributed by atoms with Crippen molar-refractivity contribution in [1.82, 2.24) is 4.90 Å². The van der Waals surface area contributed by atoms with Gasteiger partial charge in [0.15, 0.2) is 0 Å². The molecule has 3 heteroatoms. The van der Waals surface area contributed by atoms with Gasteiger partial charge >= 0.3 is 0 Å². The Hall–Kier alpha value is -1.06. The average molecular weight is 249 g/mol. The van der Waals surface area contributed by atoms with E-state index in [1.807, 2.05) is 6.07 Å². The zero-order chi connectivity index (χ0) is 13.1. The van der Waals surface area contributed by atoms with Crippen LogP contribution in [-0.4, -0.2) is 35.7 Å². The highest BCUT2D eigenvalue weighted by atomic mass is 16.5. The van der Waals surface area contributed by atoms with Gasteiger partial charge in [-0.25, -0.2) is 0 Å². The zero-order valence-electron chi connectivity index (χ0n) is 11.5. The molecule has 1 heterocycles. The Bertz CT molecular complexity index is 401. The number of benzene rings is 1. The number of hydrogen-bond acceptors (Lipinski definition) is 3. The number of aliphatic hydroxyl groups excluding tert-OH is 1. The SMILES string of the molecule is CCc1ccc2c(c1)C(O)C(N(CC)CC)CO2. The fourth-order valence-corrected chi connectivity index (χ4v) is 2.65. The van der Waals surface area contributed by atoms with Crippen molar-refractivity contribution in [3.05, 3.63) is 29.3 Å². The van der Waals surface area contributed by atoms with Gasteiger partial charge in [-0.15, -0.1) is 0 Å². The lowest BCUT2D eigenvalue weighted by atomic mass is 9.95. The first kappa shape index (κ1) is 13.4. The Morgan fingerprint density at radius 1 is 1.28 bits per heavy atom. The maximum absolute atomic E-state index is 10.6. The lowest BCUT2D eigenvalue weighted by molar-refractivity contribution is 0.00783. The molecule has 0 aliphatic carbocycles. The molecule has 2 unspecified atom stereocenters. The Labute approximate surface area is 109 Å². The summed E-state index contributed by atoms with van der Waals surface area (Å²) < 4.78 is 5.79. The second-order valence-corrected chi connectivity index (χ2v) is 4.77. The van der Waals surface area contributed by atoms with E-state index in [-0.39, 0.29) is 6.04 Å². The first-order valence-corrected chi connectivity index (χ1v) is 6.88. The van der Waals surface area contributed by atoms with Crippen LogP contribution in [-0.2, 0) is 6.42 Å². The highest BCUT2D eigenvalue weighted by Gasteiger charge is 2.32. The fraction of sp³-hybridized carbons (Fsp3) is 0.600. The molecule has 100 valence electrons. The summed E-state index contributed by atoms with van der Waals surface area (Å²) in [5.41, 5.74) is 2.19. The smallest absolute Gasteiger partial charge is 0.125 e. The van der Waals surface area contributed by atoms with Gasteiger partial charge in [0.1, 0.15) is 18.5 Å². The van der Waals surface area contributed by atoms with Crippen molar-refractivity contribution in [3.63, 3.8) is 0 Å². The van der Waals surface area contributed by atoms with Crippen molar-refractivity contribution in [1.29, 1.82) is 0 Å². The topological polar surface area (TPSA) is 32.7 Å². The van der Waals surface area contributed by atoms with Crippen LogP contribution in [0.3, 0.4) is 0 Å². The van der Waals surface area contributed by atoms with Crippen molar-refractivity contribution in [2.24, 2.45) is 0 Å². The van der Waals surface area contributed by atoms with Crippen LogP contribution < -0.4 is 4.74 Å². The summed E-state index contributed by atoms with van der Waals surface area (Å²) in [6.45, 7) is 8.80. The standard InChI is InChI=1S/C15H23NO2/c1-4-11-7-8-14-12(9-11)15(17)13(10-18-14)16(5-2)6-3/h7-9,13,15,17H,4-6,10H2,1-3H3. The Balaban J connectivity index is 2.28. The maximum atomic E-state index is 10.6. The van der Waals surface area contributed by atoms with Crippen LogP contribution in [0, 0.1) is 0 Å². The summed E-state index contributed by atoms with van der Waals surface area (Å²) in [6, 6.07) is 6.20. The summed E-state index contributed by atoms with van der Waals surface area (Å²) in [6.07, 6.45) is 0.538. The number of ether oxygens (including phenoxy) is 1. The summed E-state index contributed by atoms with van der Waals surface area (Å²) in [5, 5.41) is 10.6. The molecule has 2 atom stereocenters. The van der Waals surface area contributed by atoms with E-state index >= 15 is 0 Å². The van der Waals surface area contributed by atoms with Gasteiger partial charge in [-0.05, 0) is 37.2 Å². The summed E-state index contributed by atoms with van der Waals surface area (Å²) in [4.78, 5) is 2.26. The lowest BCUT2D eigenvalue weighted by Crippen LogP contribution is -2.45. The minimum atomic E-state index is -0.444. The van der Waals surface area contributed by atoms with Gasteiger partial charge in [0, 0.05) is 5.56 Å². The van der Waals surface area contributed by atoms with E-state index in [0.717, 1.165) is 30.8 Å². The molecule has 0 bridgehead atoms. The Morgan fingerprint density at radius 2 is 2.00 bits per heavy atom. The third-order valence-electron chi connectivity index (χ3n) is 3.86. The number of hydrogen-bond donors (Lipinski definition) is 1. The fourth-order valence-electron chi connectivity index (χ4n) is 2.65. The molecular weight excluding hydrogens is 226 g/mol. The third-order valence-corrected chi connectivity index (χ3v) is 3.86. The molecule has 1 aromatic rings. The predicted molar refractivity (Wildman–Crippen MR) is 73.0 cm³/mol. The van der Waals surface area contributed by atoms with Crippen molar-refractivity contribution >= 4 is 0 Å². The number of aliphatic hydroxyl groups is 1. The van der Waals surface area contributed by atoms with E-state index in [1.165, 1.54) is 5.56 Å². The normalized spacial score (nSPS) is 22.7. The van der Waals surface area contributed by atoms with Crippen LogP contribution in [0.2, 0.25) is 0 Å². The molecule has 18 heavy (non-hydrogen) atoms. The van der Waals surface area contributed by atoms with Gasteiger partial charge in [0.2, 0.25) is 0 Å². The van der Waals surface area contributed by atoms with E-state index in [9.17, 15) is 5.11 Å². The second-order valence-electron chi connectivity index (χ2n) is 4.77. The molecule has 0 radical (unpaired) electrons. The molecule has 1 aliphatic rings. The Morgan fingerprint density at radius 3 is 2.61 bits per heavy atom. The number of nitrogens with zero attached hydrogens (tertiary/aromatic N) is 1. The van der Waals surface area contributed by atoms with Gasteiger partial charge in [-0.2, -0.15) is 0 Å². The van der Waals surface area contributed by atoms with Crippen LogP contribution in [0.4, 0.5) is 0 Å². The van der Waals surface area contributed by atoms with Gasteiger partial charge in [0.25, 0.3) is 0 Å². The van der Waals surface area contributed by atoms with Crippen LogP contribution >= 0.6 is 0 Å². The highest BCUT2D eigenvalue weighted by Crippen LogP contribution is 2.34. The minimum absolute atomic E-state index is 0.0691. The van der Waals surface area contributed by atoms with E-state index in [4.69, 9.17) is 4.74 Å². The zero-order valence-corrected chi connectivity index (χ0v) is 11.5. The molecule has 1 N–H and O–H groups in total. The molecule has 1 aromatic carbocycles. The molecule has 0 amide bonds. The largest absolute Gasteiger partial charge is 0.491 e. The van der Waals surface area contributed by atoms with E-state index in [1.54, 1.807) is 0 Å². The van der Waals surface area contributed by atoms with Crippen LogP contribution in [0.5, 0.6) is 5.75 Å². The van der Waals surface area contributed by atoms with Crippen molar-refractivity contribution in [2.75, 3.05) is 19.7 Å². The van der Waals surface area contributed by atoms with E-state index in [0.29, 0.717) is 6.61 Å². The van der Waals surface area contributed by atoms with Crippen molar-refractivity contribution in [3.8, 4) is 5.75 Å².